The molecule has 1 N–H and O–H groups in total. The highest BCUT2D eigenvalue weighted by Crippen LogP contribution is 2.44. The average molecular weight is 358 g/mol. The second-order valence-corrected chi connectivity index (χ2v) is 8.16. The van der Waals surface area contributed by atoms with Crippen LogP contribution in [0.4, 0.5) is 9.93 Å². The minimum absolute atomic E-state index is 0.0273. The molecule has 130 valence electrons. The summed E-state index contributed by atoms with van der Waals surface area (Å²) < 4.78 is 12.0. The molecule has 7 nitrogen and oxygen atoms in total. The summed E-state index contributed by atoms with van der Waals surface area (Å²) in [4.78, 5) is 21.8. The molecular formula is C17H18N4O3S. The van der Waals surface area contributed by atoms with Gasteiger partial charge in [0, 0.05) is 19.1 Å². The van der Waals surface area contributed by atoms with E-state index in [0.717, 1.165) is 46.6 Å². The molecule has 4 heterocycles. The Morgan fingerprint density at radius 2 is 2.16 bits per heavy atom. The van der Waals surface area contributed by atoms with Gasteiger partial charge in [-0.15, -0.1) is 0 Å². The maximum absolute atomic E-state index is 12.7. The molecule has 1 aliphatic carbocycles. The summed E-state index contributed by atoms with van der Waals surface area (Å²) in [6.45, 7) is 2.25. The van der Waals surface area contributed by atoms with Gasteiger partial charge in [-0.3, -0.25) is 9.80 Å². The number of aromatic nitrogens is 1. The molecule has 1 saturated carbocycles. The van der Waals surface area contributed by atoms with Crippen molar-refractivity contribution in [1.29, 1.82) is 0 Å². The lowest BCUT2D eigenvalue weighted by molar-refractivity contribution is 0.174. The SMILES string of the molecule is O=C1NC2CN(C3CC3)CCC2N1c1nc2c3c(ccc2s1)OCO3. The van der Waals surface area contributed by atoms with Crippen molar-refractivity contribution < 1.29 is 14.3 Å². The Balaban J connectivity index is 1.35. The zero-order valence-electron chi connectivity index (χ0n) is 13.6. The molecule has 2 amide bonds. The van der Waals surface area contributed by atoms with Crippen LogP contribution in [0.15, 0.2) is 12.1 Å². The van der Waals surface area contributed by atoms with Crippen LogP contribution in [0.3, 0.4) is 0 Å². The van der Waals surface area contributed by atoms with Crippen molar-refractivity contribution in [3.8, 4) is 11.5 Å². The number of nitrogens with one attached hydrogen (secondary N) is 1. The zero-order valence-corrected chi connectivity index (χ0v) is 14.4. The number of anilines is 1. The minimum atomic E-state index is -0.0273. The van der Waals surface area contributed by atoms with Crippen LogP contribution < -0.4 is 19.7 Å². The van der Waals surface area contributed by atoms with Crippen molar-refractivity contribution in [2.75, 3.05) is 24.8 Å². The molecule has 0 spiro atoms. The maximum atomic E-state index is 12.7. The number of hydrogen-bond acceptors (Lipinski definition) is 6. The number of carbonyl (C=O) groups excluding carboxylic acids is 1. The molecule has 2 unspecified atom stereocenters. The molecule has 25 heavy (non-hydrogen) atoms. The van der Waals surface area contributed by atoms with Gasteiger partial charge in [0.15, 0.2) is 16.6 Å². The molecule has 1 aromatic carbocycles. The maximum Gasteiger partial charge on any atom is 0.324 e. The van der Waals surface area contributed by atoms with Crippen molar-refractivity contribution >= 4 is 32.7 Å². The fraction of sp³-hybridized carbons (Fsp3) is 0.529. The number of thiazole rings is 1. The van der Waals surface area contributed by atoms with Crippen molar-refractivity contribution in [2.24, 2.45) is 0 Å². The number of nitrogens with zero attached hydrogens (tertiary/aromatic N) is 3. The molecule has 2 aromatic rings. The molecule has 8 heteroatoms. The molecule has 3 fully saturated rings. The van der Waals surface area contributed by atoms with E-state index in [2.05, 4.69) is 10.2 Å². The Kier molecular flexibility index (Phi) is 2.82. The normalized spacial score (nSPS) is 28.5. The summed E-state index contributed by atoms with van der Waals surface area (Å²) in [6, 6.07) is 5.00. The van der Waals surface area contributed by atoms with Crippen LogP contribution in [0.5, 0.6) is 11.5 Å². The van der Waals surface area contributed by atoms with E-state index in [0.29, 0.717) is 5.75 Å². The van der Waals surface area contributed by atoms with E-state index in [4.69, 9.17) is 14.5 Å². The Hall–Kier alpha value is -2.06. The summed E-state index contributed by atoms with van der Waals surface area (Å²) in [5.41, 5.74) is 0.793. The number of benzene rings is 1. The van der Waals surface area contributed by atoms with E-state index in [1.54, 1.807) is 11.3 Å². The number of amides is 2. The number of urea groups is 1. The predicted octanol–water partition coefficient (Wildman–Crippen LogP) is 2.16. The Morgan fingerprint density at radius 3 is 3.04 bits per heavy atom. The fourth-order valence-corrected chi connectivity index (χ4v) is 5.26. The third-order valence-electron chi connectivity index (χ3n) is 5.62. The van der Waals surface area contributed by atoms with Crippen LogP contribution in [-0.4, -0.2) is 53.9 Å². The number of ether oxygens (including phenoxy) is 2. The standard InChI is InChI=1S/C17H18N4O3S/c22-16-18-10-7-20(9-1-2-9)6-5-11(10)21(16)17-19-14-13(25-17)4-3-12-15(14)24-8-23-12/h3-4,9-11H,1-2,5-8H2,(H,18,22). The summed E-state index contributed by atoms with van der Waals surface area (Å²) >= 11 is 1.54. The van der Waals surface area contributed by atoms with Crippen LogP contribution >= 0.6 is 11.3 Å². The second kappa shape index (κ2) is 4.98. The summed E-state index contributed by atoms with van der Waals surface area (Å²) in [5.74, 6) is 1.42. The molecule has 0 bridgehead atoms. The lowest BCUT2D eigenvalue weighted by atomic mass is 10.00. The fourth-order valence-electron chi connectivity index (χ4n) is 4.24. The first-order valence-electron chi connectivity index (χ1n) is 8.81. The van der Waals surface area contributed by atoms with E-state index in [9.17, 15) is 4.79 Å². The first-order chi connectivity index (χ1) is 12.3. The Bertz CT molecular complexity index is 880. The number of rotatable bonds is 2. The van der Waals surface area contributed by atoms with Gasteiger partial charge < -0.3 is 14.8 Å². The van der Waals surface area contributed by atoms with Crippen LogP contribution in [0, 0.1) is 0 Å². The zero-order chi connectivity index (χ0) is 16.5. The Labute approximate surface area is 148 Å². The molecule has 4 aliphatic rings. The van der Waals surface area contributed by atoms with Crippen molar-refractivity contribution in [3.05, 3.63) is 12.1 Å². The van der Waals surface area contributed by atoms with Gasteiger partial charge in [-0.2, -0.15) is 0 Å². The largest absolute Gasteiger partial charge is 0.454 e. The van der Waals surface area contributed by atoms with Crippen molar-refractivity contribution in [3.63, 3.8) is 0 Å². The van der Waals surface area contributed by atoms with E-state index in [-0.39, 0.29) is 24.9 Å². The van der Waals surface area contributed by atoms with Gasteiger partial charge >= 0.3 is 6.03 Å². The number of likely N-dealkylation sites (tertiary alicyclic amines) is 1. The van der Waals surface area contributed by atoms with E-state index in [1.807, 2.05) is 17.0 Å². The summed E-state index contributed by atoms with van der Waals surface area (Å²) in [6.07, 6.45) is 3.60. The van der Waals surface area contributed by atoms with Crippen LogP contribution in [0.2, 0.25) is 0 Å². The molecule has 3 aliphatic heterocycles. The highest BCUT2D eigenvalue weighted by molar-refractivity contribution is 7.22. The highest BCUT2D eigenvalue weighted by atomic mass is 32.1. The van der Waals surface area contributed by atoms with E-state index in [1.165, 1.54) is 12.8 Å². The summed E-state index contributed by atoms with van der Waals surface area (Å²) in [7, 11) is 0. The number of hydrogen-bond donors (Lipinski definition) is 1. The number of piperidine rings is 1. The van der Waals surface area contributed by atoms with Crippen LogP contribution in [0.1, 0.15) is 19.3 Å². The molecular weight excluding hydrogens is 340 g/mol. The lowest BCUT2D eigenvalue weighted by Gasteiger charge is -2.36. The molecule has 2 saturated heterocycles. The second-order valence-electron chi connectivity index (χ2n) is 7.15. The third kappa shape index (κ3) is 2.07. The third-order valence-corrected chi connectivity index (χ3v) is 6.64. The minimum Gasteiger partial charge on any atom is -0.454 e. The first-order valence-corrected chi connectivity index (χ1v) is 9.62. The monoisotopic (exact) mass is 358 g/mol. The van der Waals surface area contributed by atoms with Gasteiger partial charge in [0.05, 0.1) is 16.8 Å². The first kappa shape index (κ1) is 14.1. The van der Waals surface area contributed by atoms with Gasteiger partial charge in [0.2, 0.25) is 6.79 Å². The van der Waals surface area contributed by atoms with Gasteiger partial charge in [-0.05, 0) is 31.4 Å². The molecule has 6 rings (SSSR count). The summed E-state index contributed by atoms with van der Waals surface area (Å²) in [5, 5.41) is 3.92. The highest BCUT2D eigenvalue weighted by Gasteiger charge is 2.46. The van der Waals surface area contributed by atoms with Crippen molar-refractivity contribution in [2.45, 2.75) is 37.4 Å². The molecule has 2 atom stereocenters. The smallest absolute Gasteiger partial charge is 0.324 e. The van der Waals surface area contributed by atoms with Gasteiger partial charge in [0.25, 0.3) is 0 Å². The van der Waals surface area contributed by atoms with E-state index >= 15 is 0 Å². The quantitative estimate of drug-likeness (QED) is 0.891. The number of fused-ring (bicyclic) bond motifs is 4. The topological polar surface area (TPSA) is 66.9 Å². The van der Waals surface area contributed by atoms with Gasteiger partial charge in [0.1, 0.15) is 5.52 Å². The van der Waals surface area contributed by atoms with Crippen LogP contribution in [-0.2, 0) is 0 Å². The average Bonchev–Trinajstić information content (AvgIpc) is 3.05. The molecule has 1 aromatic heterocycles. The number of carbonyl (C=O) groups is 1. The van der Waals surface area contributed by atoms with Crippen molar-refractivity contribution in [1.82, 2.24) is 15.2 Å². The van der Waals surface area contributed by atoms with Crippen LogP contribution in [0.25, 0.3) is 10.2 Å². The van der Waals surface area contributed by atoms with Gasteiger partial charge in [-0.1, -0.05) is 11.3 Å². The van der Waals surface area contributed by atoms with E-state index < -0.39 is 0 Å². The predicted molar refractivity (Wildman–Crippen MR) is 93.5 cm³/mol. The van der Waals surface area contributed by atoms with Gasteiger partial charge in [-0.25, -0.2) is 9.78 Å². The molecule has 0 radical (unpaired) electrons. The Morgan fingerprint density at radius 1 is 1.24 bits per heavy atom. The lowest BCUT2D eigenvalue weighted by Crippen LogP contribution is -2.51.